The third-order valence-electron chi connectivity index (χ3n) is 7.23. The first-order chi connectivity index (χ1) is 12.4. The first-order valence-electron chi connectivity index (χ1n) is 10.8. The van der Waals surface area contributed by atoms with Crippen molar-refractivity contribution in [3.8, 4) is 0 Å². The zero-order valence-electron chi connectivity index (χ0n) is 17.1. The number of carbonyl (C=O) groups excluding carboxylic acids is 1. The summed E-state index contributed by atoms with van der Waals surface area (Å²) in [6, 6.07) is 0. The van der Waals surface area contributed by atoms with Crippen LogP contribution in [0.1, 0.15) is 65.7 Å². The largest absolute Gasteiger partial charge is 0.378 e. The molecule has 3 fully saturated rings. The molecule has 0 radical (unpaired) electrons. The van der Waals surface area contributed by atoms with Crippen molar-refractivity contribution < 1.29 is 9.53 Å². The third kappa shape index (κ3) is 3.81. The minimum atomic E-state index is -0.767. The van der Waals surface area contributed by atoms with Crippen LogP contribution in [0.5, 0.6) is 0 Å². The second kappa shape index (κ2) is 8.15. The number of likely N-dealkylation sites (tertiary alicyclic amines) is 2. The van der Waals surface area contributed by atoms with Crippen LogP contribution in [0.25, 0.3) is 0 Å². The van der Waals surface area contributed by atoms with Gasteiger partial charge in [-0.3, -0.25) is 4.79 Å². The quantitative estimate of drug-likeness (QED) is 0.814. The first kappa shape index (κ1) is 20.1. The van der Waals surface area contributed by atoms with E-state index in [0.717, 1.165) is 26.1 Å². The van der Waals surface area contributed by atoms with Gasteiger partial charge in [0.25, 0.3) is 0 Å². The van der Waals surface area contributed by atoms with Gasteiger partial charge in [-0.15, -0.1) is 0 Å². The van der Waals surface area contributed by atoms with Gasteiger partial charge in [0.15, 0.2) is 0 Å². The summed E-state index contributed by atoms with van der Waals surface area (Å²) >= 11 is 0. The summed E-state index contributed by atoms with van der Waals surface area (Å²) in [5.41, 5.74) is 5.58. The second-order valence-electron chi connectivity index (χ2n) is 9.32. The lowest BCUT2D eigenvalue weighted by atomic mass is 9.54. The Morgan fingerprint density at radius 2 is 1.81 bits per heavy atom. The molecule has 2 saturated heterocycles. The number of nitrogens with zero attached hydrogens (tertiary/aromatic N) is 2. The Morgan fingerprint density at radius 3 is 2.42 bits per heavy atom. The molecule has 1 amide bonds. The fraction of sp³-hybridized carbons (Fsp3) is 0.952. The molecule has 1 saturated carbocycles. The standard InChI is InChI=1S/C21H39N3O2/c1-4-26-18-14-21(22,20(18,2)3)19(25)24-13-9-10-17(16-24)15-23-11-7-5-6-8-12-23/h17-18H,4-16,22H2,1-3H3. The molecule has 5 nitrogen and oxygen atoms in total. The summed E-state index contributed by atoms with van der Waals surface area (Å²) in [6.07, 6.45) is 8.50. The van der Waals surface area contributed by atoms with Gasteiger partial charge in [-0.25, -0.2) is 0 Å². The molecule has 0 aromatic heterocycles. The second-order valence-corrected chi connectivity index (χ2v) is 9.32. The molecule has 150 valence electrons. The summed E-state index contributed by atoms with van der Waals surface area (Å²) in [5.74, 6) is 0.749. The summed E-state index contributed by atoms with van der Waals surface area (Å²) in [7, 11) is 0. The Bertz CT molecular complexity index is 488. The molecule has 3 rings (SSSR count). The highest BCUT2D eigenvalue weighted by molar-refractivity contribution is 5.89. The molecular weight excluding hydrogens is 326 g/mol. The van der Waals surface area contributed by atoms with Gasteiger partial charge in [0.2, 0.25) is 5.91 Å². The molecule has 0 aromatic carbocycles. The van der Waals surface area contributed by atoms with Gasteiger partial charge in [0.1, 0.15) is 5.54 Å². The monoisotopic (exact) mass is 365 g/mol. The van der Waals surface area contributed by atoms with Gasteiger partial charge in [0, 0.05) is 38.1 Å². The van der Waals surface area contributed by atoms with E-state index in [2.05, 4.69) is 23.6 Å². The lowest BCUT2D eigenvalue weighted by molar-refractivity contribution is -0.180. The molecule has 3 aliphatic rings. The predicted octanol–water partition coefficient (Wildman–Crippen LogP) is 2.63. The molecule has 2 N–H and O–H groups in total. The van der Waals surface area contributed by atoms with Crippen molar-refractivity contribution in [3.63, 3.8) is 0 Å². The maximum atomic E-state index is 13.3. The normalized spacial score (nSPS) is 35.6. The lowest BCUT2D eigenvalue weighted by Gasteiger charge is -2.59. The van der Waals surface area contributed by atoms with E-state index >= 15 is 0 Å². The maximum Gasteiger partial charge on any atom is 0.243 e. The first-order valence-corrected chi connectivity index (χ1v) is 10.8. The topological polar surface area (TPSA) is 58.8 Å². The van der Waals surface area contributed by atoms with Crippen LogP contribution in [0.4, 0.5) is 0 Å². The Morgan fingerprint density at radius 1 is 1.12 bits per heavy atom. The molecule has 0 bridgehead atoms. The van der Waals surface area contributed by atoms with Crippen LogP contribution in [-0.4, -0.2) is 66.7 Å². The van der Waals surface area contributed by atoms with Crippen LogP contribution in [0.3, 0.4) is 0 Å². The van der Waals surface area contributed by atoms with Crippen molar-refractivity contribution in [2.45, 2.75) is 77.4 Å². The number of hydrogen-bond acceptors (Lipinski definition) is 4. The van der Waals surface area contributed by atoms with E-state index in [9.17, 15) is 4.79 Å². The van der Waals surface area contributed by atoms with Crippen LogP contribution >= 0.6 is 0 Å². The highest BCUT2D eigenvalue weighted by atomic mass is 16.5. The van der Waals surface area contributed by atoms with Crippen molar-refractivity contribution in [3.05, 3.63) is 0 Å². The number of hydrogen-bond donors (Lipinski definition) is 1. The number of amides is 1. The number of ether oxygens (including phenoxy) is 1. The van der Waals surface area contributed by atoms with Gasteiger partial charge < -0.3 is 20.3 Å². The molecule has 5 heteroatoms. The third-order valence-corrected chi connectivity index (χ3v) is 7.23. The smallest absolute Gasteiger partial charge is 0.243 e. The Hall–Kier alpha value is -0.650. The van der Waals surface area contributed by atoms with Crippen LogP contribution in [-0.2, 0) is 9.53 Å². The summed E-state index contributed by atoms with van der Waals surface area (Å²) < 4.78 is 5.80. The molecule has 26 heavy (non-hydrogen) atoms. The molecule has 0 aromatic rings. The van der Waals surface area contributed by atoms with Crippen LogP contribution in [0, 0.1) is 11.3 Å². The van der Waals surface area contributed by atoms with Gasteiger partial charge in [-0.2, -0.15) is 0 Å². The SMILES string of the molecule is CCOC1CC(N)(C(=O)N2CCCC(CN3CCCCCC3)C2)C1(C)C. The van der Waals surface area contributed by atoms with Crippen molar-refractivity contribution in [1.82, 2.24) is 9.80 Å². The molecule has 1 aliphatic carbocycles. The molecular formula is C21H39N3O2. The predicted molar refractivity (Wildman–Crippen MR) is 105 cm³/mol. The Kier molecular flexibility index (Phi) is 6.30. The van der Waals surface area contributed by atoms with E-state index in [1.54, 1.807) is 0 Å². The maximum absolute atomic E-state index is 13.3. The van der Waals surface area contributed by atoms with Crippen LogP contribution in [0.2, 0.25) is 0 Å². The van der Waals surface area contributed by atoms with Gasteiger partial charge in [0.05, 0.1) is 6.10 Å². The van der Waals surface area contributed by atoms with E-state index in [-0.39, 0.29) is 17.4 Å². The fourth-order valence-electron chi connectivity index (χ4n) is 5.16. The van der Waals surface area contributed by atoms with Crippen LogP contribution in [0.15, 0.2) is 0 Å². The molecule has 3 atom stereocenters. The number of carbonyl (C=O) groups is 1. The van der Waals surface area contributed by atoms with E-state index in [1.807, 2.05) is 6.92 Å². The minimum Gasteiger partial charge on any atom is -0.378 e. The molecule has 2 heterocycles. The van der Waals surface area contributed by atoms with E-state index in [0.29, 0.717) is 18.9 Å². The van der Waals surface area contributed by atoms with Gasteiger partial charge in [-0.05, 0) is 51.6 Å². The average molecular weight is 366 g/mol. The number of rotatable bonds is 5. The van der Waals surface area contributed by atoms with E-state index < -0.39 is 5.54 Å². The molecule has 3 unspecified atom stereocenters. The van der Waals surface area contributed by atoms with Crippen molar-refractivity contribution in [2.75, 3.05) is 39.3 Å². The van der Waals surface area contributed by atoms with Gasteiger partial charge in [-0.1, -0.05) is 26.7 Å². The van der Waals surface area contributed by atoms with Crippen molar-refractivity contribution in [1.29, 1.82) is 0 Å². The minimum absolute atomic E-state index is 0.0964. The van der Waals surface area contributed by atoms with E-state index in [4.69, 9.17) is 10.5 Å². The van der Waals surface area contributed by atoms with Crippen molar-refractivity contribution in [2.24, 2.45) is 17.1 Å². The summed E-state index contributed by atoms with van der Waals surface area (Å²) in [5, 5.41) is 0. The Balaban J connectivity index is 1.58. The fourth-order valence-corrected chi connectivity index (χ4v) is 5.16. The Labute approximate surface area is 159 Å². The molecule has 0 spiro atoms. The highest BCUT2D eigenvalue weighted by Gasteiger charge is 2.63. The summed E-state index contributed by atoms with van der Waals surface area (Å²) in [4.78, 5) is 18.0. The summed E-state index contributed by atoms with van der Waals surface area (Å²) in [6.45, 7) is 12.2. The zero-order valence-corrected chi connectivity index (χ0v) is 17.1. The van der Waals surface area contributed by atoms with Crippen LogP contribution < -0.4 is 5.73 Å². The number of nitrogens with two attached hydrogens (primary N) is 1. The zero-order chi connectivity index (χ0) is 18.8. The lowest BCUT2D eigenvalue weighted by Crippen LogP contribution is -2.76. The number of piperidine rings is 1. The highest BCUT2D eigenvalue weighted by Crippen LogP contribution is 2.50. The average Bonchev–Trinajstić information content (AvgIpc) is 2.89. The molecule has 2 aliphatic heterocycles. The van der Waals surface area contributed by atoms with E-state index in [1.165, 1.54) is 45.2 Å². The van der Waals surface area contributed by atoms with Crippen molar-refractivity contribution >= 4 is 5.91 Å². The van der Waals surface area contributed by atoms with Gasteiger partial charge >= 0.3 is 0 Å².